The van der Waals surface area contributed by atoms with Crippen LogP contribution in [0.2, 0.25) is 0 Å². The van der Waals surface area contributed by atoms with Crippen LogP contribution >= 0.6 is 0 Å². The molecule has 0 aliphatic heterocycles. The molecule has 5 nitrogen and oxygen atoms in total. The van der Waals surface area contributed by atoms with E-state index in [0.717, 1.165) is 0 Å². The first-order chi connectivity index (χ1) is 6.39. The van der Waals surface area contributed by atoms with E-state index in [-0.39, 0.29) is 0 Å². The van der Waals surface area contributed by atoms with Gasteiger partial charge in [-0.2, -0.15) is 0 Å². The molecule has 5 heteroatoms. The van der Waals surface area contributed by atoms with E-state index < -0.39 is 18.1 Å². The van der Waals surface area contributed by atoms with Crippen LogP contribution in [0.4, 0.5) is 4.79 Å². The lowest BCUT2D eigenvalue weighted by molar-refractivity contribution is -0.137. The lowest BCUT2D eigenvalue weighted by Crippen LogP contribution is -2.41. The molecule has 0 heterocycles. The highest BCUT2D eigenvalue weighted by Gasteiger charge is 2.18. The van der Waals surface area contributed by atoms with Crippen molar-refractivity contribution < 1.29 is 19.0 Å². The maximum atomic E-state index is 11.2. The van der Waals surface area contributed by atoms with Crippen molar-refractivity contribution >= 4 is 6.09 Å². The monoisotopic (exact) mass is 205 g/mol. The second-order valence-corrected chi connectivity index (χ2v) is 3.67. The molecule has 0 saturated carbocycles. The standard InChI is InChI=1S/C9H19NO4/c1-6-13-8(12-5)10-7(11)14-9(2,3)4/h8H,6H2,1-5H3,(H,10,11). The molecule has 0 rings (SSSR count). The van der Waals surface area contributed by atoms with Gasteiger partial charge in [0.25, 0.3) is 0 Å². The third-order valence-electron chi connectivity index (χ3n) is 1.17. The molecule has 0 aliphatic carbocycles. The van der Waals surface area contributed by atoms with Gasteiger partial charge in [0.2, 0.25) is 6.41 Å². The van der Waals surface area contributed by atoms with Crippen LogP contribution in [-0.2, 0) is 14.2 Å². The molecule has 0 aliphatic rings. The van der Waals surface area contributed by atoms with E-state index in [1.165, 1.54) is 7.11 Å². The Bertz CT molecular complexity index is 176. The first kappa shape index (κ1) is 13.2. The third kappa shape index (κ3) is 6.68. The van der Waals surface area contributed by atoms with Crippen LogP contribution < -0.4 is 5.32 Å². The van der Waals surface area contributed by atoms with Gasteiger partial charge in [0.1, 0.15) is 5.60 Å². The van der Waals surface area contributed by atoms with Crippen LogP contribution in [0.1, 0.15) is 27.7 Å². The molecule has 0 radical (unpaired) electrons. The molecule has 1 N–H and O–H groups in total. The zero-order valence-corrected chi connectivity index (χ0v) is 9.42. The van der Waals surface area contributed by atoms with Crippen molar-refractivity contribution in [2.24, 2.45) is 0 Å². The topological polar surface area (TPSA) is 56.8 Å². The Morgan fingerprint density at radius 2 is 2.00 bits per heavy atom. The van der Waals surface area contributed by atoms with Crippen LogP contribution in [0.25, 0.3) is 0 Å². The minimum atomic E-state index is -0.755. The highest BCUT2D eigenvalue weighted by Crippen LogP contribution is 2.06. The van der Waals surface area contributed by atoms with Gasteiger partial charge in [0.05, 0.1) is 0 Å². The summed E-state index contributed by atoms with van der Waals surface area (Å²) in [6, 6.07) is 0. The summed E-state index contributed by atoms with van der Waals surface area (Å²) in [4.78, 5) is 11.2. The number of hydrogen-bond donors (Lipinski definition) is 1. The molecule has 1 amide bonds. The van der Waals surface area contributed by atoms with Crippen LogP contribution in [-0.4, -0.2) is 31.8 Å². The largest absolute Gasteiger partial charge is 0.444 e. The summed E-state index contributed by atoms with van der Waals surface area (Å²) in [6.45, 7) is 7.62. The maximum absolute atomic E-state index is 11.2. The second kappa shape index (κ2) is 5.82. The number of ether oxygens (including phenoxy) is 3. The fourth-order valence-corrected chi connectivity index (χ4v) is 0.724. The van der Waals surface area contributed by atoms with E-state index in [1.54, 1.807) is 20.8 Å². The summed E-state index contributed by atoms with van der Waals surface area (Å²) < 4.78 is 14.9. The summed E-state index contributed by atoms with van der Waals surface area (Å²) in [5.74, 6) is 0. The predicted molar refractivity (Wildman–Crippen MR) is 51.8 cm³/mol. The van der Waals surface area contributed by atoms with Crippen LogP contribution in [0.15, 0.2) is 0 Å². The van der Waals surface area contributed by atoms with E-state index >= 15 is 0 Å². The molecule has 1 atom stereocenters. The number of hydrogen-bond acceptors (Lipinski definition) is 4. The van der Waals surface area contributed by atoms with E-state index in [0.29, 0.717) is 6.61 Å². The number of alkyl carbamates (subject to hydrolysis) is 1. The molecule has 0 aromatic heterocycles. The van der Waals surface area contributed by atoms with E-state index in [4.69, 9.17) is 14.2 Å². The number of carbonyl (C=O) groups excluding carboxylic acids is 1. The molecule has 0 spiro atoms. The zero-order chi connectivity index (χ0) is 11.2. The molecule has 0 fully saturated rings. The quantitative estimate of drug-likeness (QED) is 0.706. The van der Waals surface area contributed by atoms with Crippen molar-refractivity contribution in [3.63, 3.8) is 0 Å². The van der Waals surface area contributed by atoms with E-state index in [1.807, 2.05) is 6.92 Å². The fourth-order valence-electron chi connectivity index (χ4n) is 0.724. The van der Waals surface area contributed by atoms with Gasteiger partial charge in [-0.1, -0.05) is 0 Å². The zero-order valence-electron chi connectivity index (χ0n) is 9.42. The lowest BCUT2D eigenvalue weighted by Gasteiger charge is -2.22. The van der Waals surface area contributed by atoms with Gasteiger partial charge in [-0.05, 0) is 27.7 Å². The van der Waals surface area contributed by atoms with E-state index in [9.17, 15) is 4.79 Å². The minimum Gasteiger partial charge on any atom is -0.444 e. The van der Waals surface area contributed by atoms with Crippen LogP contribution in [0.3, 0.4) is 0 Å². The van der Waals surface area contributed by atoms with Gasteiger partial charge < -0.3 is 14.2 Å². The number of amides is 1. The normalized spacial score (nSPS) is 13.5. The third-order valence-corrected chi connectivity index (χ3v) is 1.17. The molecule has 0 aromatic rings. The number of methoxy groups -OCH3 is 1. The fraction of sp³-hybridized carbons (Fsp3) is 0.889. The van der Waals surface area contributed by atoms with Gasteiger partial charge in [-0.3, -0.25) is 5.32 Å². The summed E-state index contributed by atoms with van der Waals surface area (Å²) >= 11 is 0. The summed E-state index contributed by atoms with van der Waals surface area (Å²) in [5.41, 5.74) is -0.519. The first-order valence-electron chi connectivity index (χ1n) is 4.53. The molecular formula is C9H19NO4. The Morgan fingerprint density at radius 1 is 1.43 bits per heavy atom. The molecule has 0 bridgehead atoms. The van der Waals surface area contributed by atoms with E-state index in [2.05, 4.69) is 5.32 Å². The average Bonchev–Trinajstić information content (AvgIpc) is 2.00. The number of rotatable bonds is 4. The Balaban J connectivity index is 3.91. The van der Waals surface area contributed by atoms with Crippen molar-refractivity contribution in [1.29, 1.82) is 0 Å². The summed E-state index contributed by atoms with van der Waals surface area (Å²) in [7, 11) is 1.44. The Kier molecular flexibility index (Phi) is 5.49. The SMILES string of the molecule is CCOC(NC(=O)OC(C)(C)C)OC. The Labute approximate surface area is 84.7 Å². The van der Waals surface area contributed by atoms with Gasteiger partial charge in [0, 0.05) is 13.7 Å². The molecule has 14 heavy (non-hydrogen) atoms. The maximum Gasteiger partial charge on any atom is 0.411 e. The summed E-state index contributed by atoms with van der Waals surface area (Å²) in [5, 5.41) is 2.42. The van der Waals surface area contributed by atoms with Crippen molar-refractivity contribution in [2.75, 3.05) is 13.7 Å². The lowest BCUT2D eigenvalue weighted by atomic mass is 10.2. The van der Waals surface area contributed by atoms with Gasteiger partial charge in [-0.15, -0.1) is 0 Å². The highest BCUT2D eigenvalue weighted by molar-refractivity contribution is 5.67. The smallest absolute Gasteiger partial charge is 0.411 e. The van der Waals surface area contributed by atoms with Crippen molar-refractivity contribution in [3.05, 3.63) is 0 Å². The first-order valence-corrected chi connectivity index (χ1v) is 4.53. The van der Waals surface area contributed by atoms with Crippen LogP contribution in [0, 0.1) is 0 Å². The number of carbonyl (C=O) groups is 1. The van der Waals surface area contributed by atoms with Crippen molar-refractivity contribution in [1.82, 2.24) is 5.32 Å². The van der Waals surface area contributed by atoms with Crippen LogP contribution in [0.5, 0.6) is 0 Å². The molecule has 0 aromatic carbocycles. The average molecular weight is 205 g/mol. The van der Waals surface area contributed by atoms with Crippen molar-refractivity contribution in [2.45, 2.75) is 39.7 Å². The molecular weight excluding hydrogens is 186 g/mol. The molecule has 0 saturated heterocycles. The Hall–Kier alpha value is -0.810. The van der Waals surface area contributed by atoms with Gasteiger partial charge in [-0.25, -0.2) is 4.79 Å². The summed E-state index contributed by atoms with van der Waals surface area (Å²) in [6.07, 6.45) is -1.31. The molecule has 84 valence electrons. The predicted octanol–water partition coefficient (Wildman–Crippen LogP) is 1.48. The van der Waals surface area contributed by atoms with Gasteiger partial charge in [0.15, 0.2) is 0 Å². The molecule has 1 unspecified atom stereocenters. The minimum absolute atomic E-state index is 0.453. The van der Waals surface area contributed by atoms with Crippen molar-refractivity contribution in [3.8, 4) is 0 Å². The second-order valence-electron chi connectivity index (χ2n) is 3.67. The highest BCUT2D eigenvalue weighted by atomic mass is 16.7. The van der Waals surface area contributed by atoms with Gasteiger partial charge >= 0.3 is 6.09 Å². The Morgan fingerprint density at radius 3 is 2.36 bits per heavy atom. The number of nitrogens with one attached hydrogen (secondary N) is 1.